The molecule has 0 unspecified atom stereocenters. The number of cyclic esters (lactones) is 2. The molecule has 3 aromatic carbocycles. The molecule has 21 heteroatoms. The summed E-state index contributed by atoms with van der Waals surface area (Å²) in [5.74, 6) is -7.26. The van der Waals surface area contributed by atoms with Crippen molar-refractivity contribution in [3.05, 3.63) is 101 Å². The highest BCUT2D eigenvalue weighted by molar-refractivity contribution is 6.38. The van der Waals surface area contributed by atoms with Crippen LogP contribution in [0.4, 0.5) is 4.39 Å². The zero-order valence-corrected chi connectivity index (χ0v) is 50.3. The number of rotatable bonds is 8. The molecule has 84 heavy (non-hydrogen) atoms. The van der Waals surface area contributed by atoms with E-state index in [0.717, 1.165) is 28.7 Å². The lowest BCUT2D eigenvalue weighted by Gasteiger charge is -2.36. The van der Waals surface area contributed by atoms with Gasteiger partial charge in [-0.1, -0.05) is 42.5 Å². The molecular formula is C63H82FN5O15. The van der Waals surface area contributed by atoms with Crippen molar-refractivity contribution in [1.29, 1.82) is 0 Å². The number of hydrogen-bond acceptors (Lipinski definition) is 15. The van der Waals surface area contributed by atoms with Crippen LogP contribution in [0.2, 0.25) is 0 Å². The Labute approximate surface area is 491 Å². The van der Waals surface area contributed by atoms with E-state index in [1.165, 1.54) is 80.8 Å². The van der Waals surface area contributed by atoms with Gasteiger partial charge in [0.15, 0.2) is 23.9 Å². The number of carbonyl (C=O) groups is 9. The fourth-order valence-electron chi connectivity index (χ4n) is 10.4. The van der Waals surface area contributed by atoms with Gasteiger partial charge in [0.2, 0.25) is 23.5 Å². The number of ether oxygens (including phenoxy) is 6. The van der Waals surface area contributed by atoms with Gasteiger partial charge in [0.05, 0.1) is 43.8 Å². The van der Waals surface area contributed by atoms with Gasteiger partial charge in [-0.2, -0.15) is 0 Å². The van der Waals surface area contributed by atoms with E-state index in [-0.39, 0.29) is 75.6 Å². The summed E-state index contributed by atoms with van der Waals surface area (Å²) in [7, 11) is 7.43. The summed E-state index contributed by atoms with van der Waals surface area (Å²) in [4.78, 5) is 134. The number of nitrogens with zero attached hydrogens (tertiary/aromatic N) is 5. The highest BCUT2D eigenvalue weighted by atomic mass is 19.1. The molecule has 0 radical (unpaired) electrons. The van der Waals surface area contributed by atoms with Crippen molar-refractivity contribution in [3.8, 4) is 17.2 Å². The molecule has 0 aliphatic carbocycles. The maximum absolute atomic E-state index is 15.8. The van der Waals surface area contributed by atoms with Crippen LogP contribution >= 0.6 is 0 Å². The Bertz CT molecular complexity index is 2910. The van der Waals surface area contributed by atoms with Crippen molar-refractivity contribution >= 4 is 53.0 Å². The molecule has 5 amide bonds. The molecule has 3 heterocycles. The number of ketones is 2. The van der Waals surface area contributed by atoms with Crippen molar-refractivity contribution < 1.29 is 76.0 Å². The molecule has 3 aliphatic heterocycles. The fraction of sp³-hybridized carbons (Fsp3) is 0.540. The largest absolute Gasteiger partial charge is 0.493 e. The first-order valence-corrected chi connectivity index (χ1v) is 28.6. The van der Waals surface area contributed by atoms with Gasteiger partial charge in [0.1, 0.15) is 42.4 Å². The SMILES string of the molecule is COc1ccc(CC[C@H]2OC(=O)[C@@H]3CCCCN3C(=O)C(=O)C(C)(C)COC(=O)C=CCCN(C)C(=O)[C@@H]3CCCN3C(=O)[C@H](COC(C)(C)C)N(C)C(=O)[C@@H](c3ccccc3)CC(=O)[C@H](C)N(C)C(=O)COc3cc(F)cc2c3)cc1OC. The molecule has 0 spiro atoms. The number of Topliss-reactive ketones (excluding diaryl/α,β-unsaturated/α-hetero) is 2. The monoisotopic (exact) mass is 1170 g/mol. The standard InChI is InChI=1S/C63H82FN5O15/c1-40-50(70)36-46(42-20-13-12-14-21-42)57(74)67(9)49(37-83-62(2,3)4)59(76)68-31-19-23-47(68)58(75)65(7)29-17-16-24-55(72)82-39-63(5,6)56(73)60(77)69-30-18-15-22-48(69)61(78)84-51(27-25-41-26-28-52(79-10)53(32-41)80-11)43-33-44(64)35-45(34-43)81-38-54(71)66(40)8/h12-14,16,20-21,24,26,28,32-35,40,46-49,51H,15,17-19,22-23,25,27,29-31,36-39H2,1-11H3/t40-,46+,47-,48-,49-,51+/m0/s1. The van der Waals surface area contributed by atoms with Crippen LogP contribution in [0.3, 0.4) is 0 Å². The number of methoxy groups -OCH3 is 2. The smallest absolute Gasteiger partial charge is 0.330 e. The number of likely N-dealkylation sites (N-methyl/N-ethyl adjacent to an activating group) is 3. The van der Waals surface area contributed by atoms with Gasteiger partial charge in [-0.05, 0) is 134 Å². The van der Waals surface area contributed by atoms with Crippen LogP contribution in [0.1, 0.15) is 122 Å². The minimum atomic E-state index is -1.53. The Morgan fingerprint density at radius 2 is 1.42 bits per heavy atom. The van der Waals surface area contributed by atoms with Crippen molar-refractivity contribution in [2.75, 3.05) is 74.8 Å². The first-order chi connectivity index (χ1) is 39.7. The molecule has 456 valence electrons. The summed E-state index contributed by atoms with van der Waals surface area (Å²) in [5, 5.41) is 0. The molecule has 3 aromatic rings. The lowest BCUT2D eigenvalue weighted by atomic mass is 9.87. The van der Waals surface area contributed by atoms with Gasteiger partial charge < -0.3 is 52.9 Å². The van der Waals surface area contributed by atoms with Crippen molar-refractivity contribution in [1.82, 2.24) is 24.5 Å². The summed E-state index contributed by atoms with van der Waals surface area (Å²) in [6, 6.07) is 13.1. The summed E-state index contributed by atoms with van der Waals surface area (Å²) in [6.45, 7) is 8.87. The number of hydrogen-bond donors (Lipinski definition) is 0. The van der Waals surface area contributed by atoms with Gasteiger partial charge >= 0.3 is 11.9 Å². The maximum Gasteiger partial charge on any atom is 0.330 e. The van der Waals surface area contributed by atoms with Crippen molar-refractivity contribution in [2.24, 2.45) is 5.41 Å². The molecule has 0 N–H and O–H groups in total. The maximum atomic E-state index is 15.8. The molecule has 2 bridgehead atoms. The average molecular weight is 1170 g/mol. The number of piperidine rings is 1. The Morgan fingerprint density at radius 1 is 0.726 bits per heavy atom. The lowest BCUT2D eigenvalue weighted by Crippen LogP contribution is -2.56. The van der Waals surface area contributed by atoms with Crippen molar-refractivity contribution in [2.45, 2.75) is 141 Å². The van der Waals surface area contributed by atoms with E-state index in [4.69, 9.17) is 28.4 Å². The van der Waals surface area contributed by atoms with E-state index < -0.39 is 113 Å². The van der Waals surface area contributed by atoms with E-state index in [1.807, 2.05) is 0 Å². The summed E-state index contributed by atoms with van der Waals surface area (Å²) in [5.41, 5.74) is -0.897. The molecule has 2 fully saturated rings. The van der Waals surface area contributed by atoms with Gasteiger partial charge in [-0.3, -0.25) is 33.6 Å². The lowest BCUT2D eigenvalue weighted by molar-refractivity contribution is -0.165. The zero-order chi connectivity index (χ0) is 61.6. The third-order valence-corrected chi connectivity index (χ3v) is 15.7. The molecule has 20 nitrogen and oxygen atoms in total. The van der Waals surface area contributed by atoms with E-state index in [9.17, 15) is 43.2 Å². The molecule has 0 aromatic heterocycles. The number of amides is 5. The molecule has 2 saturated heterocycles. The number of aryl methyl sites for hydroxylation is 1. The highest BCUT2D eigenvalue weighted by Crippen LogP contribution is 2.34. The van der Waals surface area contributed by atoms with Crippen LogP contribution in [0, 0.1) is 11.2 Å². The summed E-state index contributed by atoms with van der Waals surface area (Å²) in [6.07, 6.45) is 3.67. The number of carbonyl (C=O) groups excluding carboxylic acids is 9. The second kappa shape index (κ2) is 29.2. The summed E-state index contributed by atoms with van der Waals surface area (Å²) >= 11 is 0. The van der Waals surface area contributed by atoms with E-state index in [0.29, 0.717) is 42.7 Å². The van der Waals surface area contributed by atoms with Crippen LogP contribution in [-0.2, 0) is 63.8 Å². The topological polar surface area (TPSA) is 225 Å². The molecule has 3 aliphatic rings. The van der Waals surface area contributed by atoms with Gasteiger partial charge in [-0.25, -0.2) is 14.0 Å². The zero-order valence-electron chi connectivity index (χ0n) is 50.3. The third kappa shape index (κ3) is 17.0. The molecule has 6 atom stereocenters. The first kappa shape index (κ1) is 65.5. The summed E-state index contributed by atoms with van der Waals surface area (Å²) < 4.78 is 50.5. The highest BCUT2D eigenvalue weighted by Gasteiger charge is 2.45. The second-order valence-electron chi connectivity index (χ2n) is 23.3. The van der Waals surface area contributed by atoms with E-state index >= 15 is 4.39 Å². The van der Waals surface area contributed by atoms with Crippen LogP contribution < -0.4 is 14.2 Å². The number of halogens is 1. The van der Waals surface area contributed by atoms with Gasteiger partial charge in [0, 0.05) is 59.3 Å². The van der Waals surface area contributed by atoms with Crippen LogP contribution in [-0.4, -0.2) is 182 Å². The Balaban J connectivity index is 1.34. The van der Waals surface area contributed by atoms with Crippen LogP contribution in [0.5, 0.6) is 17.2 Å². The Kier molecular flexibility index (Phi) is 22.8. The second-order valence-corrected chi connectivity index (χ2v) is 23.3. The number of benzene rings is 3. The van der Waals surface area contributed by atoms with E-state index in [1.54, 1.807) is 76.3 Å². The van der Waals surface area contributed by atoms with Gasteiger partial charge in [-0.15, -0.1) is 0 Å². The Hall–Kier alpha value is -7.68. The number of esters is 2. The molecule has 6 rings (SSSR count). The van der Waals surface area contributed by atoms with Crippen LogP contribution in [0.15, 0.2) is 78.9 Å². The third-order valence-electron chi connectivity index (χ3n) is 15.7. The van der Waals surface area contributed by atoms with Crippen LogP contribution in [0.25, 0.3) is 0 Å². The first-order valence-electron chi connectivity index (χ1n) is 28.6. The minimum Gasteiger partial charge on any atom is -0.493 e. The normalized spacial score (nSPS) is 23.8. The minimum absolute atomic E-state index is 0.0476. The number of fused-ring (bicyclic) bond motifs is 4. The average Bonchev–Trinajstić information content (AvgIpc) is 3.27. The molecule has 0 saturated carbocycles. The predicted molar refractivity (Wildman–Crippen MR) is 307 cm³/mol. The fourth-order valence-corrected chi connectivity index (χ4v) is 10.4. The predicted octanol–water partition coefficient (Wildman–Crippen LogP) is 6.60. The molecular weight excluding hydrogens is 1090 g/mol. The van der Waals surface area contributed by atoms with E-state index in [2.05, 4.69) is 0 Å². The van der Waals surface area contributed by atoms with Gasteiger partial charge in [0.25, 0.3) is 11.8 Å². The van der Waals surface area contributed by atoms with Crippen molar-refractivity contribution in [3.63, 3.8) is 0 Å². The Morgan fingerprint density at radius 3 is 2.11 bits per heavy atom. The quantitative estimate of drug-likeness (QED) is 0.171.